The number of rotatable bonds is 5. The third-order valence-electron chi connectivity index (χ3n) is 2.63. The molecule has 1 rings (SSSR count). The van der Waals surface area contributed by atoms with Crippen molar-refractivity contribution >= 4 is 0 Å². The number of aromatic nitrogens is 1. The third kappa shape index (κ3) is 3.51. The number of hydrogen-bond donors (Lipinski definition) is 2. The first-order valence-corrected chi connectivity index (χ1v) is 5.56. The molecule has 0 saturated carbocycles. The summed E-state index contributed by atoms with van der Waals surface area (Å²) in [6.07, 6.45) is 2.20. The van der Waals surface area contributed by atoms with Gasteiger partial charge in [0.05, 0.1) is 5.69 Å². The van der Waals surface area contributed by atoms with Crippen LogP contribution in [0.1, 0.15) is 38.1 Å². The summed E-state index contributed by atoms with van der Waals surface area (Å²) >= 11 is 0. The van der Waals surface area contributed by atoms with Crippen LogP contribution in [-0.2, 0) is 6.54 Å². The largest absolute Gasteiger partial charge is 0.506 e. The van der Waals surface area contributed by atoms with Crippen LogP contribution in [0.3, 0.4) is 0 Å². The average molecular weight is 208 g/mol. The van der Waals surface area contributed by atoms with Gasteiger partial charge in [-0.15, -0.1) is 0 Å². The minimum absolute atomic E-state index is 0.277. The third-order valence-corrected chi connectivity index (χ3v) is 2.63. The second kappa shape index (κ2) is 5.71. The molecule has 0 fully saturated rings. The first-order valence-electron chi connectivity index (χ1n) is 5.56. The molecule has 3 heteroatoms. The summed E-state index contributed by atoms with van der Waals surface area (Å²) in [5.74, 6) is 0.277. The minimum atomic E-state index is 0.277. The van der Waals surface area contributed by atoms with Crippen molar-refractivity contribution in [2.75, 3.05) is 0 Å². The van der Waals surface area contributed by atoms with Crippen molar-refractivity contribution in [1.82, 2.24) is 10.3 Å². The van der Waals surface area contributed by atoms with Crippen LogP contribution in [0.2, 0.25) is 0 Å². The lowest BCUT2D eigenvalue weighted by Gasteiger charge is -2.14. The number of nitrogens with one attached hydrogen (secondary N) is 1. The number of pyridine rings is 1. The Morgan fingerprint density at radius 2 is 2.00 bits per heavy atom. The van der Waals surface area contributed by atoms with Gasteiger partial charge in [-0.25, -0.2) is 0 Å². The fourth-order valence-electron chi connectivity index (χ4n) is 1.55. The maximum atomic E-state index is 9.59. The fourth-order valence-corrected chi connectivity index (χ4v) is 1.55. The van der Waals surface area contributed by atoms with Crippen molar-refractivity contribution in [3.05, 3.63) is 23.5 Å². The highest BCUT2D eigenvalue weighted by Crippen LogP contribution is 2.14. The Labute approximate surface area is 91.5 Å². The molecule has 1 heterocycles. The summed E-state index contributed by atoms with van der Waals surface area (Å²) in [6, 6.07) is 4.02. The van der Waals surface area contributed by atoms with Crippen LogP contribution in [0.15, 0.2) is 12.1 Å². The highest BCUT2D eigenvalue weighted by molar-refractivity contribution is 5.27. The lowest BCUT2D eigenvalue weighted by molar-refractivity contribution is 0.441. The SMILES string of the molecule is CCC(CC)NCc1nc(C)ccc1O. The molecule has 3 nitrogen and oxygen atoms in total. The monoisotopic (exact) mass is 208 g/mol. The summed E-state index contributed by atoms with van der Waals surface area (Å²) in [6.45, 7) is 6.88. The van der Waals surface area contributed by atoms with Crippen LogP contribution >= 0.6 is 0 Å². The van der Waals surface area contributed by atoms with E-state index in [-0.39, 0.29) is 5.75 Å². The number of aromatic hydroxyl groups is 1. The summed E-state index contributed by atoms with van der Waals surface area (Å²) in [5, 5.41) is 13.0. The van der Waals surface area contributed by atoms with Crippen molar-refractivity contribution in [1.29, 1.82) is 0 Å². The predicted octanol–water partition coefficient (Wildman–Crippen LogP) is 2.37. The van der Waals surface area contributed by atoms with Crippen LogP contribution in [0, 0.1) is 6.92 Å². The van der Waals surface area contributed by atoms with Crippen LogP contribution in [0.25, 0.3) is 0 Å². The zero-order chi connectivity index (χ0) is 11.3. The van der Waals surface area contributed by atoms with Gasteiger partial charge in [0.1, 0.15) is 5.75 Å². The minimum Gasteiger partial charge on any atom is -0.506 e. The summed E-state index contributed by atoms with van der Waals surface area (Å²) < 4.78 is 0. The van der Waals surface area contributed by atoms with Crippen LogP contribution in [0.5, 0.6) is 5.75 Å². The van der Waals surface area contributed by atoms with Gasteiger partial charge in [0, 0.05) is 18.3 Å². The smallest absolute Gasteiger partial charge is 0.138 e. The van der Waals surface area contributed by atoms with Gasteiger partial charge in [0.15, 0.2) is 0 Å². The molecular formula is C12H20N2O. The molecule has 1 aromatic rings. The molecule has 15 heavy (non-hydrogen) atoms. The van der Waals surface area contributed by atoms with Gasteiger partial charge in [-0.05, 0) is 31.9 Å². The second-order valence-corrected chi connectivity index (χ2v) is 3.81. The van der Waals surface area contributed by atoms with Gasteiger partial charge >= 0.3 is 0 Å². The van der Waals surface area contributed by atoms with E-state index in [2.05, 4.69) is 24.1 Å². The van der Waals surface area contributed by atoms with E-state index >= 15 is 0 Å². The molecule has 0 unspecified atom stereocenters. The second-order valence-electron chi connectivity index (χ2n) is 3.81. The van der Waals surface area contributed by atoms with Gasteiger partial charge in [-0.1, -0.05) is 13.8 Å². The normalized spacial score (nSPS) is 10.9. The summed E-state index contributed by atoms with van der Waals surface area (Å²) in [4.78, 5) is 4.30. The lowest BCUT2D eigenvalue weighted by Crippen LogP contribution is -2.27. The molecule has 0 aromatic carbocycles. The van der Waals surface area contributed by atoms with Crippen molar-refractivity contribution < 1.29 is 5.11 Å². The van der Waals surface area contributed by atoms with E-state index in [9.17, 15) is 5.11 Å². The van der Waals surface area contributed by atoms with E-state index in [0.717, 1.165) is 24.2 Å². The molecule has 0 atom stereocenters. The Hall–Kier alpha value is -1.09. The fraction of sp³-hybridized carbons (Fsp3) is 0.583. The molecule has 0 aliphatic rings. The van der Waals surface area contributed by atoms with E-state index in [1.807, 2.05) is 13.0 Å². The van der Waals surface area contributed by atoms with Gasteiger partial charge in [-0.2, -0.15) is 0 Å². The van der Waals surface area contributed by atoms with Crippen LogP contribution in [-0.4, -0.2) is 16.1 Å². The predicted molar refractivity (Wildman–Crippen MR) is 61.8 cm³/mol. The molecule has 1 aromatic heterocycles. The highest BCUT2D eigenvalue weighted by atomic mass is 16.3. The lowest BCUT2D eigenvalue weighted by atomic mass is 10.1. The Kier molecular flexibility index (Phi) is 4.56. The molecule has 0 bridgehead atoms. The number of nitrogens with zero attached hydrogens (tertiary/aromatic N) is 1. The van der Waals surface area contributed by atoms with E-state index in [0.29, 0.717) is 12.6 Å². The molecule has 0 saturated heterocycles. The maximum absolute atomic E-state index is 9.59. The number of aryl methyl sites for hydroxylation is 1. The molecule has 2 N–H and O–H groups in total. The standard InChI is InChI=1S/C12H20N2O/c1-4-10(5-2)13-8-11-12(15)7-6-9(3)14-11/h6-7,10,13,15H,4-5,8H2,1-3H3. The van der Waals surface area contributed by atoms with Gasteiger partial charge in [-0.3, -0.25) is 4.98 Å². The molecule has 0 radical (unpaired) electrons. The molecule has 84 valence electrons. The van der Waals surface area contributed by atoms with Crippen LogP contribution in [0.4, 0.5) is 0 Å². The molecule has 0 aliphatic carbocycles. The first kappa shape index (κ1) is 12.0. The van der Waals surface area contributed by atoms with E-state index in [1.54, 1.807) is 6.07 Å². The van der Waals surface area contributed by atoms with Gasteiger partial charge < -0.3 is 10.4 Å². The maximum Gasteiger partial charge on any atom is 0.138 e. The Balaban J connectivity index is 2.60. The van der Waals surface area contributed by atoms with Crippen molar-refractivity contribution in [2.24, 2.45) is 0 Å². The number of hydrogen-bond acceptors (Lipinski definition) is 3. The molecule has 0 aliphatic heterocycles. The Bertz CT molecular complexity index is 308. The zero-order valence-electron chi connectivity index (χ0n) is 9.75. The van der Waals surface area contributed by atoms with E-state index in [1.165, 1.54) is 0 Å². The van der Waals surface area contributed by atoms with Gasteiger partial charge in [0.2, 0.25) is 0 Å². The molecule has 0 amide bonds. The topological polar surface area (TPSA) is 45.2 Å². The Morgan fingerprint density at radius 1 is 1.33 bits per heavy atom. The van der Waals surface area contributed by atoms with Crippen LogP contribution < -0.4 is 5.32 Å². The zero-order valence-corrected chi connectivity index (χ0v) is 9.75. The van der Waals surface area contributed by atoms with Gasteiger partial charge in [0.25, 0.3) is 0 Å². The van der Waals surface area contributed by atoms with Crippen molar-refractivity contribution in [3.63, 3.8) is 0 Å². The van der Waals surface area contributed by atoms with E-state index in [4.69, 9.17) is 0 Å². The summed E-state index contributed by atoms with van der Waals surface area (Å²) in [7, 11) is 0. The first-order chi connectivity index (χ1) is 7.17. The quantitative estimate of drug-likeness (QED) is 0.781. The molecule has 0 spiro atoms. The Morgan fingerprint density at radius 3 is 2.60 bits per heavy atom. The highest BCUT2D eigenvalue weighted by Gasteiger charge is 2.06. The van der Waals surface area contributed by atoms with Crippen molar-refractivity contribution in [3.8, 4) is 5.75 Å². The summed E-state index contributed by atoms with van der Waals surface area (Å²) in [5.41, 5.74) is 1.68. The molecular weight excluding hydrogens is 188 g/mol. The average Bonchev–Trinajstić information content (AvgIpc) is 2.24. The van der Waals surface area contributed by atoms with Crippen molar-refractivity contribution in [2.45, 2.75) is 46.2 Å². The van der Waals surface area contributed by atoms with E-state index < -0.39 is 0 Å².